The van der Waals surface area contributed by atoms with E-state index in [1.807, 2.05) is 31.4 Å². The van der Waals surface area contributed by atoms with Gasteiger partial charge in [0.25, 0.3) is 5.91 Å². The molecule has 1 aromatic heterocycles. The molecule has 0 aliphatic rings. The summed E-state index contributed by atoms with van der Waals surface area (Å²) in [4.78, 5) is 16.6. The van der Waals surface area contributed by atoms with Crippen molar-refractivity contribution in [2.45, 2.75) is 58.5 Å². The summed E-state index contributed by atoms with van der Waals surface area (Å²) in [5.74, 6) is -0.400. The second-order valence-corrected chi connectivity index (χ2v) is 15.2. The quantitative estimate of drug-likeness (QED) is 0.284. The van der Waals surface area contributed by atoms with Crippen molar-refractivity contribution in [2.24, 2.45) is 0 Å². The Morgan fingerprint density at radius 1 is 1.19 bits per heavy atom. The fourth-order valence-corrected chi connectivity index (χ4v) is 5.02. The number of anilines is 1. The molecule has 0 unspecified atom stereocenters. The maximum absolute atomic E-state index is 12.5. The standard InChI is InChI=1S/C19H27IN2O3SSi/c1-18(2,3)27(6,7)25-19(4,5)24-15-11-13(10-14(20)12-15)16(23)22-17-21-8-9-26-17/h8-12H,1-7H3,(H,21,22,23). The fourth-order valence-electron chi connectivity index (χ4n) is 2.28. The number of nitrogens with zero attached hydrogens (tertiary/aromatic N) is 1. The third-order valence-electron chi connectivity index (χ3n) is 4.46. The summed E-state index contributed by atoms with van der Waals surface area (Å²) in [5, 5.41) is 5.27. The van der Waals surface area contributed by atoms with Crippen LogP contribution < -0.4 is 10.1 Å². The van der Waals surface area contributed by atoms with Crippen molar-refractivity contribution >= 4 is 53.3 Å². The highest BCUT2D eigenvalue weighted by Crippen LogP contribution is 2.39. The molecule has 0 spiro atoms. The Morgan fingerprint density at radius 3 is 2.41 bits per heavy atom. The number of ether oxygens (including phenoxy) is 1. The molecule has 1 heterocycles. The number of halogens is 1. The normalized spacial score (nSPS) is 12.7. The molecule has 0 saturated carbocycles. The molecule has 0 atom stereocenters. The van der Waals surface area contributed by atoms with Gasteiger partial charge in [-0.3, -0.25) is 10.1 Å². The number of thiazole rings is 1. The third-order valence-corrected chi connectivity index (χ3v) is 10.4. The summed E-state index contributed by atoms with van der Waals surface area (Å²) in [6.45, 7) is 14.8. The molecule has 0 radical (unpaired) electrons. The van der Waals surface area contributed by atoms with Crippen molar-refractivity contribution in [3.8, 4) is 5.75 Å². The van der Waals surface area contributed by atoms with Crippen molar-refractivity contribution in [1.29, 1.82) is 0 Å². The van der Waals surface area contributed by atoms with Crippen LogP contribution in [0.15, 0.2) is 29.8 Å². The number of hydrogen-bond acceptors (Lipinski definition) is 5. The van der Waals surface area contributed by atoms with Gasteiger partial charge in [0, 0.05) is 20.7 Å². The zero-order chi connectivity index (χ0) is 20.5. The highest BCUT2D eigenvalue weighted by Gasteiger charge is 2.42. The van der Waals surface area contributed by atoms with Gasteiger partial charge in [-0.1, -0.05) is 20.8 Å². The molecule has 0 aliphatic heterocycles. The molecule has 0 fully saturated rings. The predicted octanol–water partition coefficient (Wildman–Crippen LogP) is 6.14. The second-order valence-electron chi connectivity index (χ2n) is 8.33. The number of nitrogens with one attached hydrogen (secondary N) is 1. The van der Waals surface area contributed by atoms with Gasteiger partial charge in [0.05, 0.1) is 0 Å². The first-order valence-corrected chi connectivity index (χ1v) is 13.6. The molecule has 1 amide bonds. The van der Waals surface area contributed by atoms with Gasteiger partial charge in [-0.05, 0) is 72.8 Å². The molecule has 2 aromatic rings. The zero-order valence-corrected chi connectivity index (χ0v) is 20.8. The molecule has 0 aliphatic carbocycles. The Kier molecular flexibility index (Phi) is 6.76. The predicted molar refractivity (Wildman–Crippen MR) is 122 cm³/mol. The number of hydrogen-bond donors (Lipinski definition) is 1. The van der Waals surface area contributed by atoms with E-state index in [2.05, 4.69) is 66.8 Å². The molecule has 5 nitrogen and oxygen atoms in total. The molecule has 2 rings (SSSR count). The largest absolute Gasteiger partial charge is 0.464 e. The first kappa shape index (κ1) is 22.3. The molecule has 1 aromatic carbocycles. The van der Waals surface area contributed by atoms with Crippen LogP contribution in [0.5, 0.6) is 5.75 Å². The van der Waals surface area contributed by atoms with Gasteiger partial charge in [0.1, 0.15) is 5.75 Å². The molecule has 1 N–H and O–H groups in total. The Labute approximate surface area is 180 Å². The minimum absolute atomic E-state index is 0.0808. The van der Waals surface area contributed by atoms with Crippen molar-refractivity contribution < 1.29 is 14.0 Å². The van der Waals surface area contributed by atoms with Crippen LogP contribution in [-0.2, 0) is 4.43 Å². The SMILES string of the molecule is CC(C)(Oc1cc(I)cc(C(=O)Nc2nccs2)c1)O[Si](C)(C)C(C)(C)C. The lowest BCUT2D eigenvalue weighted by atomic mass is 10.2. The van der Waals surface area contributed by atoms with Crippen molar-refractivity contribution in [2.75, 3.05) is 5.32 Å². The van der Waals surface area contributed by atoms with Crippen LogP contribution in [0.2, 0.25) is 18.1 Å². The second kappa shape index (κ2) is 8.18. The summed E-state index contributed by atoms with van der Waals surface area (Å²) in [6.07, 6.45) is 1.66. The molecule has 8 heteroatoms. The average molecular weight is 518 g/mol. The van der Waals surface area contributed by atoms with Gasteiger partial charge in [-0.15, -0.1) is 11.3 Å². The maximum atomic E-state index is 12.5. The highest BCUT2D eigenvalue weighted by atomic mass is 127. The first-order valence-electron chi connectivity index (χ1n) is 8.70. The molecule has 27 heavy (non-hydrogen) atoms. The minimum atomic E-state index is -2.00. The zero-order valence-electron chi connectivity index (χ0n) is 16.8. The molecular formula is C19H27IN2O3SSi. The van der Waals surface area contributed by atoms with Crippen molar-refractivity contribution in [1.82, 2.24) is 4.98 Å². The lowest BCUT2D eigenvalue weighted by Gasteiger charge is -2.42. The van der Waals surface area contributed by atoms with E-state index in [0.717, 1.165) is 3.57 Å². The Bertz CT molecular complexity index is 802. The Balaban J connectivity index is 2.18. The number of amides is 1. The average Bonchev–Trinajstić information content (AvgIpc) is 2.96. The van der Waals surface area contributed by atoms with Crippen LogP contribution in [0.3, 0.4) is 0 Å². The summed E-state index contributed by atoms with van der Waals surface area (Å²) >= 11 is 3.56. The van der Waals surface area contributed by atoms with Crippen LogP contribution >= 0.6 is 33.9 Å². The Hall–Kier alpha value is -0.973. The van der Waals surface area contributed by atoms with Crippen LogP contribution in [0.1, 0.15) is 45.0 Å². The van der Waals surface area contributed by atoms with E-state index in [4.69, 9.17) is 9.16 Å². The van der Waals surface area contributed by atoms with E-state index in [0.29, 0.717) is 16.4 Å². The lowest BCUT2D eigenvalue weighted by Crippen LogP contribution is -2.49. The van der Waals surface area contributed by atoms with Gasteiger partial charge < -0.3 is 9.16 Å². The van der Waals surface area contributed by atoms with E-state index < -0.39 is 14.1 Å². The maximum Gasteiger partial charge on any atom is 0.257 e. The monoisotopic (exact) mass is 518 g/mol. The number of benzene rings is 1. The number of carbonyl (C=O) groups excluding carboxylic acids is 1. The van der Waals surface area contributed by atoms with Crippen molar-refractivity contribution in [3.05, 3.63) is 38.9 Å². The summed E-state index contributed by atoms with van der Waals surface area (Å²) < 4.78 is 13.5. The molecule has 0 bridgehead atoms. The summed E-state index contributed by atoms with van der Waals surface area (Å²) in [7, 11) is -2.00. The Morgan fingerprint density at radius 2 is 1.85 bits per heavy atom. The van der Waals surface area contributed by atoms with Gasteiger partial charge >= 0.3 is 0 Å². The highest BCUT2D eigenvalue weighted by molar-refractivity contribution is 14.1. The third kappa shape index (κ3) is 6.26. The molecular weight excluding hydrogens is 491 g/mol. The van der Waals surface area contributed by atoms with Gasteiger partial charge in [-0.25, -0.2) is 4.98 Å². The summed E-state index contributed by atoms with van der Waals surface area (Å²) in [5.41, 5.74) is 0.523. The van der Waals surface area contributed by atoms with Gasteiger partial charge in [0.2, 0.25) is 0 Å². The fraction of sp³-hybridized carbons (Fsp3) is 0.474. The van der Waals surface area contributed by atoms with Crippen LogP contribution in [0, 0.1) is 3.57 Å². The lowest BCUT2D eigenvalue weighted by molar-refractivity contribution is -0.0914. The number of aromatic nitrogens is 1. The van der Waals surface area contributed by atoms with E-state index >= 15 is 0 Å². The summed E-state index contributed by atoms with van der Waals surface area (Å²) in [6, 6.07) is 5.46. The molecule has 148 valence electrons. The van der Waals surface area contributed by atoms with Crippen molar-refractivity contribution in [3.63, 3.8) is 0 Å². The molecule has 0 saturated heterocycles. The van der Waals surface area contributed by atoms with E-state index in [1.54, 1.807) is 12.3 Å². The van der Waals surface area contributed by atoms with Crippen LogP contribution in [0.4, 0.5) is 5.13 Å². The minimum Gasteiger partial charge on any atom is -0.464 e. The number of rotatable bonds is 6. The van der Waals surface area contributed by atoms with E-state index in [1.165, 1.54) is 11.3 Å². The van der Waals surface area contributed by atoms with Crippen LogP contribution in [-0.4, -0.2) is 25.0 Å². The van der Waals surface area contributed by atoms with E-state index in [-0.39, 0.29) is 10.9 Å². The topological polar surface area (TPSA) is 60.5 Å². The van der Waals surface area contributed by atoms with E-state index in [9.17, 15) is 4.79 Å². The smallest absolute Gasteiger partial charge is 0.257 e. The first-order chi connectivity index (χ1) is 12.3. The van der Waals surface area contributed by atoms with Gasteiger partial charge in [-0.2, -0.15) is 0 Å². The van der Waals surface area contributed by atoms with Crippen LogP contribution in [0.25, 0.3) is 0 Å². The number of carbonyl (C=O) groups is 1. The van der Waals surface area contributed by atoms with Gasteiger partial charge in [0.15, 0.2) is 19.2 Å².